The van der Waals surface area contributed by atoms with E-state index in [2.05, 4.69) is 78.7 Å². The van der Waals surface area contributed by atoms with Crippen LogP contribution in [0.25, 0.3) is 0 Å². The van der Waals surface area contributed by atoms with Gasteiger partial charge in [0, 0.05) is 58.1 Å². The second kappa shape index (κ2) is 19.7. The Labute approximate surface area is 497 Å². The molecule has 0 unspecified atom stereocenters. The number of fused-ring (bicyclic) bond motifs is 14. The summed E-state index contributed by atoms with van der Waals surface area (Å²) >= 11 is 0. The first-order valence-electron chi connectivity index (χ1n) is 33.5. The second-order valence-corrected chi connectivity index (χ2v) is 30.9. The van der Waals surface area contributed by atoms with Gasteiger partial charge in [-0.05, 0) is 241 Å². The Morgan fingerprint density at radius 3 is 2.36 bits per heavy atom. The zero-order valence-corrected chi connectivity index (χ0v) is 49.7. The third kappa shape index (κ3) is 7.18. The average molecular weight is 1140 g/mol. The van der Waals surface area contributed by atoms with Crippen molar-refractivity contribution in [1.29, 1.82) is 0 Å². The van der Waals surface area contributed by atoms with Gasteiger partial charge in [-0.2, -0.15) is 0 Å². The molecule has 10 heteroatoms. The number of aliphatic hydroxyl groups is 5. The molecule has 0 aromatic heterocycles. The van der Waals surface area contributed by atoms with E-state index in [0.717, 1.165) is 80.1 Å². The molecule has 0 amide bonds. The van der Waals surface area contributed by atoms with Gasteiger partial charge in [0.25, 0.3) is 0 Å². The van der Waals surface area contributed by atoms with Gasteiger partial charge in [-0.25, -0.2) is 4.79 Å². The highest BCUT2D eigenvalue weighted by Gasteiger charge is 2.88. The van der Waals surface area contributed by atoms with Crippen molar-refractivity contribution in [2.75, 3.05) is 13.7 Å². The molecule has 17 rings (SSSR count). The van der Waals surface area contributed by atoms with E-state index in [-0.39, 0.29) is 79.8 Å². The van der Waals surface area contributed by atoms with Crippen molar-refractivity contribution >= 4 is 12.3 Å². The summed E-state index contributed by atoms with van der Waals surface area (Å²) in [4.78, 5) is 30.1. The monoisotopic (exact) mass is 1140 g/mol. The fourth-order valence-electron chi connectivity index (χ4n) is 25.6. The molecule has 1 saturated heterocycles. The van der Waals surface area contributed by atoms with Crippen molar-refractivity contribution in [3.8, 4) is 11.8 Å². The van der Waals surface area contributed by atoms with Crippen LogP contribution in [0.3, 0.4) is 0 Å². The quantitative estimate of drug-likeness (QED) is 0.0823. The summed E-state index contributed by atoms with van der Waals surface area (Å²) in [7, 11) is 1.94. The molecule has 3 heterocycles. The van der Waals surface area contributed by atoms with Crippen molar-refractivity contribution in [2.45, 2.75) is 202 Å². The first-order valence-corrected chi connectivity index (χ1v) is 33.5. The van der Waals surface area contributed by atoms with Crippen LogP contribution < -0.4 is 5.32 Å². The number of esters is 1. The summed E-state index contributed by atoms with van der Waals surface area (Å²) < 4.78 is 14.5. The molecule has 10 nitrogen and oxygen atoms in total. The van der Waals surface area contributed by atoms with E-state index in [4.69, 9.17) is 9.47 Å². The molecular weight excluding hydrogens is 1050 g/mol. The molecule has 446 valence electrons. The average Bonchev–Trinajstić information content (AvgIpc) is 1.36. The molecule has 9 saturated carbocycles. The summed E-state index contributed by atoms with van der Waals surface area (Å²) in [6.45, 7) is 2.01. The lowest BCUT2D eigenvalue weighted by Crippen LogP contribution is -2.83. The number of carbonyl (C=O) groups excluding carboxylic acids is 2. The fraction of sp³-hybridized carbons (Fsp3) is 0.676. The molecule has 24 atom stereocenters. The maximum absolute atomic E-state index is 15.9. The van der Waals surface area contributed by atoms with Gasteiger partial charge in [-0.1, -0.05) is 85.5 Å². The largest absolute Gasteiger partial charge is 0.454 e. The van der Waals surface area contributed by atoms with Crippen LogP contribution in [0.5, 0.6) is 0 Å². The molecule has 3 aliphatic heterocycles. The topological polar surface area (TPSA) is 166 Å². The lowest BCUT2D eigenvalue weighted by atomic mass is 9.31. The number of nitrogens with one attached hydrogen (secondary N) is 1. The van der Waals surface area contributed by atoms with Crippen LogP contribution in [0.1, 0.15) is 168 Å². The number of hydrogen-bond donors (Lipinski definition) is 6. The van der Waals surface area contributed by atoms with Crippen molar-refractivity contribution in [2.24, 2.45) is 92.7 Å². The van der Waals surface area contributed by atoms with E-state index in [1.807, 2.05) is 25.2 Å². The fourth-order valence-corrected chi connectivity index (χ4v) is 25.6. The number of rotatable bonds is 5. The van der Waals surface area contributed by atoms with E-state index in [0.29, 0.717) is 81.0 Å². The van der Waals surface area contributed by atoms with Crippen LogP contribution in [0.4, 0.5) is 0 Å². The SMILES string of the molecule is CN[C@H]1Cc2c(cccc2CO)C#CCC[C@]23CC[C@H]4[C@@](O)(C[C@@H]5C[C@H]6CC[C@H]7[C@H]8O[C@H](Cc9cccc(c9)C[C@@H]9CC[C@H](C9)[C@H]6C)C[C@H]6C[C@H]9C[C@@H](c%10ccccc%10)CC[C@@H]9[C@]68C[C@@]4(C=O)[C@]57O)[C@@]2(O)C[C@@H]2C[C@@H]1[C@@H]1OC(=O)C=C1[C@@]23CO. The Bertz CT molecular complexity index is 3220. The van der Waals surface area contributed by atoms with Crippen LogP contribution in [-0.2, 0) is 44.9 Å². The number of aliphatic hydroxyl groups excluding tert-OH is 2. The predicted molar refractivity (Wildman–Crippen MR) is 318 cm³/mol. The number of ether oxygens (including phenoxy) is 2. The Hall–Kier alpha value is -4.18. The van der Waals surface area contributed by atoms with Gasteiger partial charge >= 0.3 is 5.97 Å². The van der Waals surface area contributed by atoms with E-state index < -0.39 is 62.4 Å². The zero-order chi connectivity index (χ0) is 57.3. The molecule has 3 aromatic rings. The molecule has 10 fully saturated rings. The third-order valence-electron chi connectivity index (χ3n) is 28.7. The Morgan fingerprint density at radius 2 is 1.55 bits per heavy atom. The number of carbonyl (C=O) groups is 2. The minimum absolute atomic E-state index is 0.0291. The summed E-state index contributed by atoms with van der Waals surface area (Å²) in [5.41, 5.74) is -1.91. The smallest absolute Gasteiger partial charge is 0.331 e. The molecule has 11 aliphatic carbocycles. The molecule has 14 aliphatic rings. The van der Waals surface area contributed by atoms with Crippen molar-refractivity contribution in [3.63, 3.8) is 0 Å². The van der Waals surface area contributed by atoms with E-state index in [1.54, 1.807) is 6.08 Å². The van der Waals surface area contributed by atoms with E-state index >= 15 is 20.1 Å². The molecular formula is C74H91NO9. The Kier molecular flexibility index (Phi) is 12.9. The minimum atomic E-state index is -1.86. The molecule has 2 spiro atoms. The first kappa shape index (κ1) is 55.2. The lowest BCUT2D eigenvalue weighted by molar-refractivity contribution is -0.372. The van der Waals surface area contributed by atoms with Crippen LogP contribution >= 0.6 is 0 Å². The molecule has 0 radical (unpaired) electrons. The highest BCUT2D eigenvalue weighted by atomic mass is 16.5. The van der Waals surface area contributed by atoms with Gasteiger partial charge in [0.1, 0.15) is 18.0 Å². The van der Waals surface area contributed by atoms with Gasteiger partial charge in [-0.3, -0.25) is 0 Å². The van der Waals surface area contributed by atoms with Crippen molar-refractivity contribution in [1.82, 2.24) is 5.32 Å². The normalized spacial score (nSPS) is 49.1. The van der Waals surface area contributed by atoms with Crippen LogP contribution in [0.15, 0.2) is 84.4 Å². The zero-order valence-electron chi connectivity index (χ0n) is 49.7. The molecule has 12 bridgehead atoms. The number of aldehydes is 1. The first-order chi connectivity index (χ1) is 40.7. The standard InChI is InChI=1S/C74H91NO9/c1-43-49-18-17-46(28-49)27-44-10-8-11-45(26-44)29-57-33-54-32-53-30-51(47-12-4-3-5-13-47)20-21-60(53)70(54)40-68(41-77)64-23-25-69-24-7-6-14-48-15-9-16-52(39-76)58(48)35-63(75-2)59-34-55(71(69,42-78)62-36-65(79)84-66(59)62)38-73(69,81)72(64,80)37-56-31-50(43)19-22-61(67(70)83-57)74(56,68)82/h3-5,8-13,15-16,26,36,41,43,46,49-51,53-57,59-61,63-64,66-67,75-76,78,80-82H,7,17-25,27-35,37-40,42H2,1-2H3/t43-,46+,49-,50-,51+,53-,54-,55+,56+,57-,59+,60+,61+,63+,64-,66+,67-,68+,69-,70+,71-,72+,73-,74+/m1/s1. The van der Waals surface area contributed by atoms with Crippen LogP contribution in [0, 0.1) is 105 Å². The van der Waals surface area contributed by atoms with Gasteiger partial charge < -0.3 is 45.1 Å². The summed E-state index contributed by atoms with van der Waals surface area (Å²) in [6, 6.07) is 26.2. The molecule has 3 aromatic carbocycles. The third-order valence-corrected chi connectivity index (χ3v) is 28.7. The van der Waals surface area contributed by atoms with Gasteiger partial charge in [0.15, 0.2) is 0 Å². The summed E-state index contributed by atoms with van der Waals surface area (Å²) in [6.07, 6.45) is 18.1. The number of likely N-dealkylation sites (N-methyl/N-ethyl adjacent to an activating group) is 1. The maximum atomic E-state index is 15.9. The van der Waals surface area contributed by atoms with Crippen molar-refractivity contribution in [3.05, 3.63) is 118 Å². The lowest BCUT2D eigenvalue weighted by Gasteiger charge is -2.76. The number of benzene rings is 3. The highest BCUT2D eigenvalue weighted by molar-refractivity contribution is 5.87. The van der Waals surface area contributed by atoms with Gasteiger partial charge in [0.05, 0.1) is 42.0 Å². The highest BCUT2D eigenvalue weighted by Crippen LogP contribution is 2.83. The Balaban J connectivity index is 0.885. The summed E-state index contributed by atoms with van der Waals surface area (Å²) in [5.74, 6) is 7.52. The molecule has 6 N–H and O–H groups in total. The van der Waals surface area contributed by atoms with Gasteiger partial charge in [0.2, 0.25) is 0 Å². The van der Waals surface area contributed by atoms with Crippen molar-refractivity contribution < 1.29 is 44.6 Å². The van der Waals surface area contributed by atoms with E-state index in [9.17, 15) is 15.0 Å². The van der Waals surface area contributed by atoms with E-state index in [1.165, 1.54) is 42.2 Å². The van der Waals surface area contributed by atoms with Crippen LogP contribution in [-0.4, -0.2) is 92.6 Å². The second-order valence-electron chi connectivity index (χ2n) is 30.9. The maximum Gasteiger partial charge on any atom is 0.331 e. The van der Waals surface area contributed by atoms with Gasteiger partial charge in [-0.15, -0.1) is 0 Å². The van der Waals surface area contributed by atoms with Crippen LogP contribution in [0.2, 0.25) is 0 Å². The number of hydrogen-bond acceptors (Lipinski definition) is 10. The Morgan fingerprint density at radius 1 is 0.762 bits per heavy atom. The summed E-state index contributed by atoms with van der Waals surface area (Å²) in [5, 5.41) is 72.8. The molecule has 84 heavy (non-hydrogen) atoms. The predicted octanol–water partition coefficient (Wildman–Crippen LogP) is 10.2. The minimum Gasteiger partial charge on any atom is -0.454 e.